The Labute approximate surface area is 106 Å². The van der Waals surface area contributed by atoms with Crippen LogP contribution in [0.2, 0.25) is 5.02 Å². The average Bonchev–Trinajstić information content (AvgIpc) is 2.74. The maximum Gasteiger partial charge on any atom is 0.371 e. The molecule has 2 aromatic heterocycles. The second kappa shape index (κ2) is 4.66. The van der Waals surface area contributed by atoms with Crippen LogP contribution < -0.4 is 0 Å². The molecule has 2 rings (SSSR count). The van der Waals surface area contributed by atoms with Crippen LogP contribution in [0, 0.1) is 0 Å². The Hall–Kier alpha value is -2.08. The van der Waals surface area contributed by atoms with Gasteiger partial charge in [-0.1, -0.05) is 11.6 Å². The summed E-state index contributed by atoms with van der Waals surface area (Å²) in [4.78, 5) is 26.1. The van der Waals surface area contributed by atoms with Gasteiger partial charge in [0.25, 0.3) is 0 Å². The Kier molecular flexibility index (Phi) is 3.20. The zero-order chi connectivity index (χ0) is 13.3. The van der Waals surface area contributed by atoms with E-state index in [0.29, 0.717) is 0 Å². The third-order valence-electron chi connectivity index (χ3n) is 2.20. The average molecular weight is 270 g/mol. The predicted molar refractivity (Wildman–Crippen MR) is 61.9 cm³/mol. The van der Waals surface area contributed by atoms with Crippen molar-refractivity contribution >= 4 is 34.6 Å². The molecule has 7 heteroatoms. The number of ether oxygens (including phenoxy) is 1. The molecule has 1 N–H and O–H groups in total. The van der Waals surface area contributed by atoms with Gasteiger partial charge >= 0.3 is 11.9 Å². The zero-order valence-corrected chi connectivity index (χ0v) is 10.0. The molecule has 94 valence electrons. The summed E-state index contributed by atoms with van der Waals surface area (Å²) in [5, 5.41) is 9.11. The number of carbonyl (C=O) groups excluding carboxylic acids is 1. The van der Waals surface area contributed by atoms with Gasteiger partial charge in [0.2, 0.25) is 11.5 Å². The summed E-state index contributed by atoms with van der Waals surface area (Å²) in [7, 11) is 0. The minimum absolute atomic E-state index is 0.0606. The van der Waals surface area contributed by atoms with Gasteiger partial charge in [0.05, 0.1) is 22.6 Å². The number of aromatic nitrogens is 1. The molecule has 0 unspecified atom stereocenters. The first-order valence-electron chi connectivity index (χ1n) is 5.03. The maximum absolute atomic E-state index is 11.6. The number of nitrogens with zero attached hydrogens (tertiary/aromatic N) is 1. The van der Waals surface area contributed by atoms with Gasteiger partial charge in [0, 0.05) is 12.3 Å². The van der Waals surface area contributed by atoms with Crippen LogP contribution in [0.4, 0.5) is 0 Å². The summed E-state index contributed by atoms with van der Waals surface area (Å²) >= 11 is 6.00. The molecule has 0 spiro atoms. The first kappa shape index (κ1) is 12.4. The summed E-state index contributed by atoms with van der Waals surface area (Å²) in [5.41, 5.74) is 0.134. The Balaban J connectivity index is 2.56. The molecule has 0 bridgehead atoms. The predicted octanol–water partition coefficient (Wildman–Crippen LogP) is 2.36. The van der Waals surface area contributed by atoms with Gasteiger partial charge in [-0.3, -0.25) is 0 Å². The van der Waals surface area contributed by atoms with E-state index in [2.05, 4.69) is 4.98 Å². The van der Waals surface area contributed by atoms with Crippen LogP contribution >= 0.6 is 11.6 Å². The van der Waals surface area contributed by atoms with Crippen molar-refractivity contribution in [1.82, 2.24) is 4.98 Å². The lowest BCUT2D eigenvalue weighted by molar-refractivity contribution is 0.0525. The summed E-state index contributed by atoms with van der Waals surface area (Å²) in [6.45, 7) is 1.87. The van der Waals surface area contributed by atoms with Crippen LogP contribution in [-0.4, -0.2) is 28.6 Å². The molecule has 0 amide bonds. The maximum atomic E-state index is 11.6. The fourth-order valence-corrected chi connectivity index (χ4v) is 1.68. The number of carboxylic acid groups (broad SMARTS) is 1. The van der Waals surface area contributed by atoms with Crippen molar-refractivity contribution in [3.63, 3.8) is 0 Å². The molecule has 6 nitrogen and oxygen atoms in total. The fraction of sp³-hybridized carbons (Fsp3) is 0.182. The van der Waals surface area contributed by atoms with Gasteiger partial charge in [-0.05, 0) is 6.92 Å². The van der Waals surface area contributed by atoms with Crippen LogP contribution in [-0.2, 0) is 4.74 Å². The van der Waals surface area contributed by atoms with Crippen LogP contribution in [0.1, 0.15) is 27.8 Å². The Morgan fingerprint density at radius 2 is 2.28 bits per heavy atom. The number of fused-ring (bicyclic) bond motifs is 1. The smallest absolute Gasteiger partial charge is 0.371 e. The van der Waals surface area contributed by atoms with Gasteiger partial charge < -0.3 is 14.3 Å². The van der Waals surface area contributed by atoms with Gasteiger partial charge in [-0.2, -0.15) is 0 Å². The highest BCUT2D eigenvalue weighted by atomic mass is 35.5. The number of aromatic carboxylic acids is 1. The molecule has 2 aromatic rings. The van der Waals surface area contributed by atoms with Crippen molar-refractivity contribution in [2.75, 3.05) is 6.61 Å². The molecular weight excluding hydrogens is 262 g/mol. The van der Waals surface area contributed by atoms with E-state index in [1.54, 1.807) is 6.92 Å². The van der Waals surface area contributed by atoms with E-state index in [-0.39, 0.29) is 34.1 Å². The van der Waals surface area contributed by atoms with Gasteiger partial charge in [-0.25, -0.2) is 14.6 Å². The number of carbonyl (C=O) groups is 2. The Morgan fingerprint density at radius 1 is 1.56 bits per heavy atom. The molecule has 0 aromatic carbocycles. The van der Waals surface area contributed by atoms with Crippen LogP contribution in [0.15, 0.2) is 16.7 Å². The molecule has 2 heterocycles. The monoisotopic (exact) mass is 269 g/mol. The highest BCUT2D eigenvalue weighted by molar-refractivity contribution is 6.38. The number of carboxylic acids is 1. The Morgan fingerprint density at radius 3 is 2.89 bits per heavy atom. The number of pyridine rings is 1. The highest BCUT2D eigenvalue weighted by Crippen LogP contribution is 2.28. The lowest BCUT2D eigenvalue weighted by Crippen LogP contribution is -2.05. The number of esters is 1. The molecule has 0 saturated carbocycles. The SMILES string of the molecule is CCOC(=O)c1cnc2oc(C(=O)O)cc2c1Cl. The molecular formula is C11H8ClNO5. The lowest BCUT2D eigenvalue weighted by atomic mass is 10.2. The molecule has 18 heavy (non-hydrogen) atoms. The third-order valence-corrected chi connectivity index (χ3v) is 2.61. The molecule has 0 aliphatic carbocycles. The topological polar surface area (TPSA) is 89.6 Å². The van der Waals surface area contributed by atoms with E-state index in [4.69, 9.17) is 25.9 Å². The van der Waals surface area contributed by atoms with Crippen LogP contribution in [0.25, 0.3) is 11.1 Å². The third kappa shape index (κ3) is 2.02. The van der Waals surface area contributed by atoms with E-state index in [1.165, 1.54) is 12.3 Å². The number of hydrogen-bond acceptors (Lipinski definition) is 5. The van der Waals surface area contributed by atoms with Crippen molar-refractivity contribution in [2.24, 2.45) is 0 Å². The first-order chi connectivity index (χ1) is 8.54. The van der Waals surface area contributed by atoms with Gasteiger partial charge in [-0.15, -0.1) is 0 Å². The quantitative estimate of drug-likeness (QED) is 0.860. The minimum atomic E-state index is -1.23. The molecule has 0 atom stereocenters. The largest absolute Gasteiger partial charge is 0.475 e. The second-order valence-corrected chi connectivity index (χ2v) is 3.72. The summed E-state index contributed by atoms with van der Waals surface area (Å²) < 4.78 is 9.76. The molecule has 0 radical (unpaired) electrons. The molecule has 0 aliphatic heterocycles. The van der Waals surface area contributed by atoms with Crippen LogP contribution in [0.3, 0.4) is 0 Å². The minimum Gasteiger partial charge on any atom is -0.475 e. The van der Waals surface area contributed by atoms with E-state index < -0.39 is 11.9 Å². The van der Waals surface area contributed by atoms with E-state index in [1.807, 2.05) is 0 Å². The van der Waals surface area contributed by atoms with Crippen LogP contribution in [0.5, 0.6) is 0 Å². The van der Waals surface area contributed by atoms with Crippen molar-refractivity contribution in [1.29, 1.82) is 0 Å². The van der Waals surface area contributed by atoms with E-state index in [9.17, 15) is 9.59 Å². The van der Waals surface area contributed by atoms with Gasteiger partial charge in [0.15, 0.2) is 0 Å². The molecule has 0 aliphatic rings. The molecule has 0 saturated heterocycles. The number of furan rings is 1. The van der Waals surface area contributed by atoms with Crippen molar-refractivity contribution in [2.45, 2.75) is 6.92 Å². The highest BCUT2D eigenvalue weighted by Gasteiger charge is 2.19. The lowest BCUT2D eigenvalue weighted by Gasteiger charge is -2.03. The van der Waals surface area contributed by atoms with Crippen molar-refractivity contribution < 1.29 is 23.8 Å². The fourth-order valence-electron chi connectivity index (χ4n) is 1.42. The summed E-state index contributed by atoms with van der Waals surface area (Å²) in [6.07, 6.45) is 1.19. The van der Waals surface area contributed by atoms with Crippen molar-refractivity contribution in [3.8, 4) is 0 Å². The van der Waals surface area contributed by atoms with E-state index >= 15 is 0 Å². The summed E-state index contributed by atoms with van der Waals surface area (Å²) in [5.74, 6) is -2.14. The van der Waals surface area contributed by atoms with E-state index in [0.717, 1.165) is 0 Å². The zero-order valence-electron chi connectivity index (χ0n) is 9.27. The number of halogens is 1. The normalized spacial score (nSPS) is 10.6. The number of rotatable bonds is 3. The first-order valence-corrected chi connectivity index (χ1v) is 5.40. The van der Waals surface area contributed by atoms with Gasteiger partial charge in [0.1, 0.15) is 0 Å². The van der Waals surface area contributed by atoms with Crippen molar-refractivity contribution in [3.05, 3.63) is 28.6 Å². The Bertz CT molecular complexity index is 634. The molecule has 0 fully saturated rings. The standard InChI is InChI=1S/C11H8ClNO5/c1-2-17-11(16)6-4-13-9-5(8(6)12)3-7(18-9)10(14)15/h3-4H,2H2,1H3,(H,14,15). The second-order valence-electron chi connectivity index (χ2n) is 3.34. The summed E-state index contributed by atoms with van der Waals surface area (Å²) in [6, 6.07) is 1.22. The number of hydrogen-bond donors (Lipinski definition) is 1.